The van der Waals surface area contributed by atoms with E-state index in [2.05, 4.69) is 9.47 Å². The summed E-state index contributed by atoms with van der Waals surface area (Å²) in [6.07, 6.45) is 0.463. The van der Waals surface area contributed by atoms with Gasteiger partial charge in [0, 0.05) is 5.02 Å². The van der Waals surface area contributed by atoms with Crippen molar-refractivity contribution in [3.63, 3.8) is 0 Å². The number of esters is 2. The zero-order valence-corrected chi connectivity index (χ0v) is 11.0. The maximum atomic E-state index is 11.6. The van der Waals surface area contributed by atoms with Gasteiger partial charge in [0.15, 0.2) is 12.9 Å². The van der Waals surface area contributed by atoms with Gasteiger partial charge in [0.25, 0.3) is 0 Å². The Kier molecular flexibility index (Phi) is 5.32. The Morgan fingerprint density at radius 1 is 1.26 bits per heavy atom. The van der Waals surface area contributed by atoms with Gasteiger partial charge in [-0.25, -0.2) is 9.59 Å². The van der Waals surface area contributed by atoms with E-state index in [1.165, 1.54) is 26.4 Å². The fraction of sp³-hybridized carbons (Fsp3) is 0.250. The molecule has 7 heteroatoms. The van der Waals surface area contributed by atoms with Crippen LogP contribution in [0.25, 0.3) is 0 Å². The van der Waals surface area contributed by atoms with Crippen LogP contribution in [0.2, 0.25) is 5.02 Å². The van der Waals surface area contributed by atoms with Gasteiger partial charge >= 0.3 is 11.9 Å². The minimum absolute atomic E-state index is 0.0387. The maximum Gasteiger partial charge on any atom is 0.343 e. The molecule has 1 aromatic carbocycles. The van der Waals surface area contributed by atoms with Crippen LogP contribution in [0.5, 0.6) is 5.75 Å². The number of methoxy groups -OCH3 is 2. The van der Waals surface area contributed by atoms with E-state index >= 15 is 0 Å². The normalized spacial score (nSPS) is 9.63. The van der Waals surface area contributed by atoms with E-state index in [-0.39, 0.29) is 21.9 Å². The van der Waals surface area contributed by atoms with Crippen molar-refractivity contribution in [3.8, 4) is 5.75 Å². The molecule has 0 aromatic heterocycles. The van der Waals surface area contributed by atoms with Crippen LogP contribution in [0.15, 0.2) is 12.1 Å². The molecular weight excluding hydrogens is 276 g/mol. The first-order valence-corrected chi connectivity index (χ1v) is 5.48. The number of ether oxygens (including phenoxy) is 3. The van der Waals surface area contributed by atoms with E-state index in [4.69, 9.17) is 16.3 Å². The predicted octanol–water partition coefficient (Wildman–Crippen LogP) is 1.49. The molecule has 0 fully saturated rings. The first kappa shape index (κ1) is 15.0. The molecule has 19 heavy (non-hydrogen) atoms. The van der Waals surface area contributed by atoms with Gasteiger partial charge in [0.2, 0.25) is 0 Å². The molecule has 0 saturated heterocycles. The van der Waals surface area contributed by atoms with E-state index in [1.54, 1.807) is 0 Å². The molecule has 0 aliphatic rings. The van der Waals surface area contributed by atoms with Gasteiger partial charge in [-0.2, -0.15) is 0 Å². The van der Waals surface area contributed by atoms with Crippen molar-refractivity contribution < 1.29 is 28.6 Å². The van der Waals surface area contributed by atoms with Crippen molar-refractivity contribution in [1.29, 1.82) is 0 Å². The molecule has 1 aromatic rings. The number of carbonyl (C=O) groups is 3. The fourth-order valence-electron chi connectivity index (χ4n) is 1.31. The number of aldehydes is 1. The lowest BCUT2D eigenvalue weighted by molar-refractivity contribution is -0.142. The molecule has 1 rings (SSSR count). The summed E-state index contributed by atoms with van der Waals surface area (Å²) < 4.78 is 14.1. The summed E-state index contributed by atoms with van der Waals surface area (Å²) in [5, 5.41) is 0.174. The van der Waals surface area contributed by atoms with Crippen molar-refractivity contribution in [2.75, 3.05) is 20.8 Å². The molecule has 102 valence electrons. The van der Waals surface area contributed by atoms with E-state index in [1.807, 2.05) is 0 Å². The number of benzene rings is 1. The molecule has 0 aliphatic heterocycles. The SMILES string of the molecule is COC(=O)COc1c(C=O)cc(Cl)cc1C(=O)OC. The highest BCUT2D eigenvalue weighted by molar-refractivity contribution is 6.31. The molecule has 0 heterocycles. The molecule has 0 N–H and O–H groups in total. The lowest BCUT2D eigenvalue weighted by Crippen LogP contribution is -2.16. The number of hydrogen-bond acceptors (Lipinski definition) is 6. The molecule has 0 saturated carbocycles. The summed E-state index contributed by atoms with van der Waals surface area (Å²) in [6.45, 7) is -0.442. The average Bonchev–Trinajstić information content (AvgIpc) is 2.43. The molecule has 0 atom stereocenters. The lowest BCUT2D eigenvalue weighted by atomic mass is 10.1. The second kappa shape index (κ2) is 6.75. The van der Waals surface area contributed by atoms with Crippen LogP contribution in [0.1, 0.15) is 20.7 Å². The first-order chi connectivity index (χ1) is 9.03. The van der Waals surface area contributed by atoms with E-state index in [0.717, 1.165) is 0 Å². The molecule has 6 nitrogen and oxygen atoms in total. The van der Waals surface area contributed by atoms with Crippen molar-refractivity contribution in [2.24, 2.45) is 0 Å². The maximum absolute atomic E-state index is 11.6. The fourth-order valence-corrected chi connectivity index (χ4v) is 1.54. The van der Waals surface area contributed by atoms with Gasteiger partial charge in [-0.1, -0.05) is 11.6 Å². The highest BCUT2D eigenvalue weighted by atomic mass is 35.5. The monoisotopic (exact) mass is 286 g/mol. The molecular formula is C12H11ClO6. The number of carbonyl (C=O) groups excluding carboxylic acids is 3. The summed E-state index contributed by atoms with van der Waals surface area (Å²) in [5.41, 5.74) is -0.00203. The highest BCUT2D eigenvalue weighted by Gasteiger charge is 2.19. The van der Waals surface area contributed by atoms with Crippen LogP contribution < -0.4 is 4.74 Å². The zero-order valence-electron chi connectivity index (χ0n) is 10.3. The van der Waals surface area contributed by atoms with Crippen LogP contribution in [0, 0.1) is 0 Å². The van der Waals surface area contributed by atoms with Crippen molar-refractivity contribution in [1.82, 2.24) is 0 Å². The second-order valence-corrected chi connectivity index (χ2v) is 3.78. The van der Waals surface area contributed by atoms with Gasteiger partial charge in [0.05, 0.1) is 19.8 Å². The lowest BCUT2D eigenvalue weighted by Gasteiger charge is -2.12. The van der Waals surface area contributed by atoms with Crippen LogP contribution >= 0.6 is 11.6 Å². The van der Waals surface area contributed by atoms with E-state index in [9.17, 15) is 14.4 Å². The summed E-state index contributed by atoms with van der Waals surface area (Å²) in [7, 11) is 2.36. The van der Waals surface area contributed by atoms with Crippen molar-refractivity contribution in [3.05, 3.63) is 28.3 Å². The summed E-state index contributed by atoms with van der Waals surface area (Å²) in [6, 6.07) is 2.60. The summed E-state index contributed by atoms with van der Waals surface area (Å²) >= 11 is 5.78. The van der Waals surface area contributed by atoms with Crippen molar-refractivity contribution >= 4 is 29.8 Å². The predicted molar refractivity (Wildman–Crippen MR) is 65.7 cm³/mol. The second-order valence-electron chi connectivity index (χ2n) is 3.35. The Labute approximate surface area is 114 Å². The van der Waals surface area contributed by atoms with Crippen LogP contribution in [0.3, 0.4) is 0 Å². The number of rotatable bonds is 5. The molecule has 0 radical (unpaired) electrons. The topological polar surface area (TPSA) is 78.9 Å². The van der Waals surface area contributed by atoms with E-state index in [0.29, 0.717) is 6.29 Å². The Hall–Kier alpha value is -2.08. The molecule has 0 aliphatic carbocycles. The molecule has 0 spiro atoms. The average molecular weight is 287 g/mol. The van der Waals surface area contributed by atoms with Gasteiger partial charge in [-0.15, -0.1) is 0 Å². The third-order valence-electron chi connectivity index (χ3n) is 2.18. The van der Waals surface area contributed by atoms with Gasteiger partial charge in [-0.3, -0.25) is 4.79 Å². The van der Waals surface area contributed by atoms with Gasteiger partial charge < -0.3 is 14.2 Å². The Bertz CT molecular complexity index is 511. The van der Waals surface area contributed by atoms with Crippen LogP contribution in [-0.4, -0.2) is 39.1 Å². The van der Waals surface area contributed by atoms with Gasteiger partial charge in [0.1, 0.15) is 11.3 Å². The van der Waals surface area contributed by atoms with E-state index < -0.39 is 18.5 Å². The third-order valence-corrected chi connectivity index (χ3v) is 2.39. The quantitative estimate of drug-likeness (QED) is 0.603. The Balaban J connectivity index is 3.20. The number of hydrogen-bond donors (Lipinski definition) is 0. The number of halogens is 1. The highest BCUT2D eigenvalue weighted by Crippen LogP contribution is 2.28. The zero-order chi connectivity index (χ0) is 14.4. The Morgan fingerprint density at radius 2 is 1.95 bits per heavy atom. The first-order valence-electron chi connectivity index (χ1n) is 5.10. The summed E-state index contributed by atoms with van der Waals surface area (Å²) in [5.74, 6) is -1.45. The molecule has 0 unspecified atom stereocenters. The van der Waals surface area contributed by atoms with Gasteiger partial charge in [-0.05, 0) is 12.1 Å². The standard InChI is InChI=1S/C12H11ClO6/c1-17-10(15)6-19-11-7(5-14)3-8(13)4-9(11)12(16)18-2/h3-5H,6H2,1-2H3. The molecule has 0 amide bonds. The Morgan fingerprint density at radius 3 is 2.47 bits per heavy atom. The van der Waals surface area contributed by atoms with Crippen LogP contribution in [0.4, 0.5) is 0 Å². The minimum atomic E-state index is -0.731. The minimum Gasteiger partial charge on any atom is -0.480 e. The largest absolute Gasteiger partial charge is 0.480 e. The summed E-state index contributed by atoms with van der Waals surface area (Å²) in [4.78, 5) is 33.6. The third kappa shape index (κ3) is 3.69. The van der Waals surface area contributed by atoms with Crippen molar-refractivity contribution in [2.45, 2.75) is 0 Å². The van der Waals surface area contributed by atoms with Crippen LogP contribution in [-0.2, 0) is 14.3 Å². The smallest absolute Gasteiger partial charge is 0.343 e. The molecule has 0 bridgehead atoms.